The van der Waals surface area contributed by atoms with Crippen molar-refractivity contribution in [1.29, 1.82) is 0 Å². The summed E-state index contributed by atoms with van der Waals surface area (Å²) in [7, 11) is -1.37. The number of esters is 1. The van der Waals surface area contributed by atoms with Gasteiger partial charge in [-0.3, -0.25) is 13.9 Å². The first-order valence-electron chi connectivity index (χ1n) is 13.8. The zero-order valence-electron chi connectivity index (χ0n) is 24.2. The lowest BCUT2D eigenvalue weighted by molar-refractivity contribution is -0.139. The van der Waals surface area contributed by atoms with Crippen LogP contribution in [0.2, 0.25) is 0 Å². The number of halogens is 1. The molecule has 4 aromatic carbocycles. The molecule has 4 aromatic rings. The summed E-state index contributed by atoms with van der Waals surface area (Å²) in [6.45, 7) is 0.306. The first-order chi connectivity index (χ1) is 21.2. The van der Waals surface area contributed by atoms with Gasteiger partial charge in [-0.2, -0.15) is 0 Å². The Bertz CT molecular complexity index is 1760. The fourth-order valence-electron chi connectivity index (χ4n) is 5.08. The molecule has 0 bridgehead atoms. The van der Waals surface area contributed by atoms with Gasteiger partial charge in [0.05, 0.1) is 37.8 Å². The molecule has 44 heavy (non-hydrogen) atoms. The number of nitrogens with one attached hydrogen (secondary N) is 1. The van der Waals surface area contributed by atoms with Crippen LogP contribution in [-0.2, 0) is 37.2 Å². The predicted molar refractivity (Wildman–Crippen MR) is 163 cm³/mol. The predicted octanol–water partition coefficient (Wildman–Crippen LogP) is 4.53. The van der Waals surface area contributed by atoms with Crippen LogP contribution in [0.5, 0.6) is 11.5 Å². The molecule has 0 spiro atoms. The monoisotopic (exact) mass is 618 g/mol. The number of para-hydroxylation sites is 1. The first-order valence-corrected chi connectivity index (χ1v) is 15.3. The largest absolute Gasteiger partial charge is 0.496 e. The van der Waals surface area contributed by atoms with Gasteiger partial charge in [-0.15, -0.1) is 0 Å². The highest BCUT2D eigenvalue weighted by molar-refractivity contribution is 7.93. The van der Waals surface area contributed by atoms with Gasteiger partial charge in [-0.05, 0) is 59.2 Å². The molecular weight excluding hydrogens is 587 g/mol. The minimum atomic E-state index is -4.14. The van der Waals surface area contributed by atoms with Crippen molar-refractivity contribution in [2.24, 2.45) is 0 Å². The SMILES string of the molecule is COC(=O)Cc1ccc(OCCNC(=O)[C@@H]2Cc3ccccc3N2S(=O)(=O)c2ccc(-c3ccc(F)cc3OC)cc2)cc1. The quantitative estimate of drug-likeness (QED) is 0.194. The van der Waals surface area contributed by atoms with E-state index in [9.17, 15) is 22.4 Å². The zero-order valence-corrected chi connectivity index (χ0v) is 25.0. The molecule has 1 N–H and O–H groups in total. The molecule has 0 radical (unpaired) electrons. The summed E-state index contributed by atoms with van der Waals surface area (Å²) in [4.78, 5) is 24.8. The highest BCUT2D eigenvalue weighted by atomic mass is 32.2. The van der Waals surface area contributed by atoms with E-state index < -0.39 is 27.8 Å². The van der Waals surface area contributed by atoms with E-state index in [0.717, 1.165) is 11.1 Å². The second kappa shape index (κ2) is 13.2. The lowest BCUT2D eigenvalue weighted by Gasteiger charge is -2.26. The van der Waals surface area contributed by atoms with Gasteiger partial charge < -0.3 is 19.5 Å². The number of sulfonamides is 1. The minimum Gasteiger partial charge on any atom is -0.496 e. The van der Waals surface area contributed by atoms with Crippen molar-refractivity contribution < 1.29 is 36.6 Å². The van der Waals surface area contributed by atoms with Crippen molar-refractivity contribution in [1.82, 2.24) is 5.32 Å². The molecule has 1 aliphatic rings. The van der Waals surface area contributed by atoms with Crippen molar-refractivity contribution in [3.63, 3.8) is 0 Å². The van der Waals surface area contributed by atoms with Crippen LogP contribution in [0.15, 0.2) is 95.9 Å². The van der Waals surface area contributed by atoms with Crippen LogP contribution in [0.4, 0.5) is 10.1 Å². The number of fused-ring (bicyclic) bond motifs is 1. The van der Waals surface area contributed by atoms with Crippen molar-refractivity contribution in [3.05, 3.63) is 108 Å². The molecule has 0 saturated carbocycles. The highest BCUT2D eigenvalue weighted by Gasteiger charge is 2.42. The molecule has 1 aliphatic heterocycles. The first kappa shape index (κ1) is 30.6. The summed E-state index contributed by atoms with van der Waals surface area (Å²) in [6, 6.07) is 23.3. The smallest absolute Gasteiger partial charge is 0.309 e. The number of anilines is 1. The standard InChI is InChI=1S/C33H31FN2O7S/c1-41-31-21-25(34)11-16-28(31)23-9-14-27(15-10-23)44(39,40)36-29-6-4-3-5-24(29)20-30(36)33(38)35-17-18-43-26-12-7-22(8-13-26)19-32(37)42-2/h3-16,21,30H,17-20H2,1-2H3,(H,35,38)/t30-/m0/s1. The lowest BCUT2D eigenvalue weighted by Crippen LogP contribution is -2.48. The number of nitrogens with zero attached hydrogens (tertiary/aromatic N) is 1. The molecule has 9 nitrogen and oxygen atoms in total. The Balaban J connectivity index is 1.28. The van der Waals surface area contributed by atoms with Crippen LogP contribution in [0.25, 0.3) is 11.1 Å². The van der Waals surface area contributed by atoms with Crippen molar-refractivity contribution >= 4 is 27.6 Å². The average molecular weight is 619 g/mol. The average Bonchev–Trinajstić information content (AvgIpc) is 3.44. The number of rotatable bonds is 11. The van der Waals surface area contributed by atoms with Gasteiger partial charge in [0.1, 0.15) is 30.0 Å². The normalized spacial score (nSPS) is 14.1. The molecule has 0 saturated heterocycles. The van der Waals surface area contributed by atoms with Crippen LogP contribution in [0.3, 0.4) is 0 Å². The molecule has 1 atom stereocenters. The minimum absolute atomic E-state index is 0.0100. The fraction of sp³-hybridized carbons (Fsp3) is 0.212. The summed E-state index contributed by atoms with van der Waals surface area (Å²) in [5, 5.41) is 2.80. The zero-order chi connectivity index (χ0) is 31.3. The molecule has 11 heteroatoms. The number of ether oxygens (including phenoxy) is 3. The van der Waals surface area contributed by atoms with E-state index in [2.05, 4.69) is 10.1 Å². The van der Waals surface area contributed by atoms with Gasteiger partial charge in [0, 0.05) is 18.1 Å². The van der Waals surface area contributed by atoms with Crippen molar-refractivity contribution in [2.45, 2.75) is 23.8 Å². The van der Waals surface area contributed by atoms with E-state index in [1.165, 1.54) is 42.8 Å². The topological polar surface area (TPSA) is 111 Å². The third-order valence-corrected chi connectivity index (χ3v) is 9.12. The molecule has 1 heterocycles. The highest BCUT2D eigenvalue weighted by Crippen LogP contribution is 2.38. The van der Waals surface area contributed by atoms with E-state index in [1.54, 1.807) is 60.7 Å². The lowest BCUT2D eigenvalue weighted by atomic mass is 10.0. The molecular formula is C33H31FN2O7S. The van der Waals surface area contributed by atoms with Crippen LogP contribution in [0.1, 0.15) is 11.1 Å². The van der Waals surface area contributed by atoms with Gasteiger partial charge >= 0.3 is 5.97 Å². The maximum atomic E-state index is 14.0. The van der Waals surface area contributed by atoms with Crippen LogP contribution in [0, 0.1) is 5.82 Å². The van der Waals surface area contributed by atoms with Crippen molar-refractivity contribution in [2.75, 3.05) is 31.7 Å². The second-order valence-corrected chi connectivity index (χ2v) is 11.9. The van der Waals surface area contributed by atoms with Crippen LogP contribution in [-0.4, -0.2) is 53.7 Å². The van der Waals surface area contributed by atoms with Gasteiger partial charge in [-0.1, -0.05) is 42.5 Å². The van der Waals surface area contributed by atoms with E-state index in [1.807, 2.05) is 6.07 Å². The number of hydrogen-bond donors (Lipinski definition) is 1. The summed E-state index contributed by atoms with van der Waals surface area (Å²) in [5.74, 6) is -0.347. The third kappa shape index (κ3) is 6.52. The second-order valence-electron chi connectivity index (χ2n) is 10.1. The molecule has 0 aliphatic carbocycles. The molecule has 0 fully saturated rings. The van der Waals surface area contributed by atoms with Crippen LogP contribution >= 0.6 is 0 Å². The molecule has 0 unspecified atom stereocenters. The molecule has 228 valence electrons. The third-order valence-electron chi connectivity index (χ3n) is 7.28. The number of carbonyl (C=O) groups is 2. The number of hydrogen-bond acceptors (Lipinski definition) is 7. The molecule has 1 amide bonds. The van der Waals surface area contributed by atoms with Gasteiger partial charge in [-0.25, -0.2) is 12.8 Å². The van der Waals surface area contributed by atoms with Gasteiger partial charge in [0.2, 0.25) is 5.91 Å². The Morgan fingerprint density at radius 2 is 1.68 bits per heavy atom. The fourth-order valence-corrected chi connectivity index (χ4v) is 6.73. The van der Waals surface area contributed by atoms with Gasteiger partial charge in [0.15, 0.2) is 0 Å². The number of methoxy groups -OCH3 is 2. The maximum Gasteiger partial charge on any atom is 0.309 e. The Morgan fingerprint density at radius 3 is 2.39 bits per heavy atom. The Labute approximate surface area is 255 Å². The van der Waals surface area contributed by atoms with Crippen LogP contribution < -0.4 is 19.1 Å². The Hall–Kier alpha value is -4.90. The molecule has 0 aromatic heterocycles. The number of amides is 1. The summed E-state index contributed by atoms with van der Waals surface area (Å²) in [5.41, 5.74) is 3.23. The van der Waals surface area contributed by atoms with Crippen molar-refractivity contribution in [3.8, 4) is 22.6 Å². The summed E-state index contributed by atoms with van der Waals surface area (Å²) < 4.78 is 58.5. The van der Waals surface area contributed by atoms with E-state index >= 15 is 0 Å². The molecule has 5 rings (SSSR count). The number of benzene rings is 4. The maximum absolute atomic E-state index is 14.0. The Morgan fingerprint density at radius 1 is 0.955 bits per heavy atom. The summed E-state index contributed by atoms with van der Waals surface area (Å²) >= 11 is 0. The van der Waals surface area contributed by atoms with E-state index in [0.29, 0.717) is 28.3 Å². The van der Waals surface area contributed by atoms with E-state index in [-0.39, 0.29) is 36.9 Å². The van der Waals surface area contributed by atoms with Gasteiger partial charge in [0.25, 0.3) is 10.0 Å². The number of carbonyl (C=O) groups excluding carboxylic acids is 2. The Kier molecular flexibility index (Phi) is 9.15. The summed E-state index contributed by atoms with van der Waals surface area (Å²) in [6.07, 6.45) is 0.373. The van der Waals surface area contributed by atoms with E-state index in [4.69, 9.17) is 9.47 Å².